The van der Waals surface area contributed by atoms with Gasteiger partial charge >= 0.3 is 0 Å². The lowest BCUT2D eigenvalue weighted by molar-refractivity contribution is 0.403. The number of aryl methyl sites for hydroxylation is 8. The summed E-state index contributed by atoms with van der Waals surface area (Å²) in [5.74, 6) is 1.50. The Morgan fingerprint density at radius 2 is 0.621 bits per heavy atom. The normalized spacial score (nSPS) is 15.0. The first-order valence-corrected chi connectivity index (χ1v) is 44.1. The van der Waals surface area contributed by atoms with E-state index in [0.29, 0.717) is 0 Å². The van der Waals surface area contributed by atoms with Crippen LogP contribution >= 0.6 is 0 Å². The zero-order valence-corrected chi connectivity index (χ0v) is 68.8. The van der Waals surface area contributed by atoms with E-state index < -0.39 is 5.79 Å². The number of aliphatic imine (C=N–C) groups is 2. The van der Waals surface area contributed by atoms with Gasteiger partial charge in [-0.25, -0.2) is 24.9 Å². The number of H-pyrrole nitrogens is 2. The third kappa shape index (κ3) is 12.6. The van der Waals surface area contributed by atoms with E-state index in [1.54, 1.807) is 0 Å². The molecule has 590 valence electrons. The number of aromatic nitrogens is 6. The van der Waals surface area contributed by atoms with Crippen LogP contribution in [-0.4, -0.2) is 40.9 Å². The molecule has 21 aromatic rings. The summed E-state index contributed by atoms with van der Waals surface area (Å²) in [5, 5.41) is 15.2. The van der Waals surface area contributed by atoms with Crippen molar-refractivity contribution in [3.05, 3.63) is 425 Å². The number of aromatic amines is 2. The van der Waals surface area contributed by atoms with Gasteiger partial charge in [-0.1, -0.05) is 340 Å². The molecule has 0 fully saturated rings. The number of rotatable bonds is 10. The van der Waals surface area contributed by atoms with Crippen molar-refractivity contribution in [1.82, 2.24) is 29.5 Å². The van der Waals surface area contributed by atoms with Gasteiger partial charge in [0, 0.05) is 66.8 Å². The van der Waals surface area contributed by atoms with Crippen LogP contribution in [0.25, 0.3) is 166 Å². The van der Waals surface area contributed by atoms with Crippen LogP contribution in [0.4, 0.5) is 0 Å². The number of hydrogen-bond donors (Lipinski definition) is 2. The molecule has 6 heterocycles. The Labute approximate surface area is 720 Å². The minimum atomic E-state index is -1.25. The van der Waals surface area contributed by atoms with Gasteiger partial charge in [0.2, 0.25) is 0 Å². The average molecular weight is 1590 g/mol. The van der Waals surface area contributed by atoms with E-state index in [4.69, 9.17) is 24.9 Å². The summed E-state index contributed by atoms with van der Waals surface area (Å²) in [6.45, 7) is 0. The molecule has 8 bridgehead atoms. The maximum absolute atomic E-state index is 6.26. The monoisotopic (exact) mass is 1590 g/mol. The molecular weight excluding hydrogens is 1510 g/mol. The van der Waals surface area contributed by atoms with Gasteiger partial charge in [-0.05, 0) is 210 Å². The molecule has 8 nitrogen and oxygen atoms in total. The summed E-state index contributed by atoms with van der Waals surface area (Å²) in [7, 11) is 0. The zero-order chi connectivity index (χ0) is 81.8. The summed E-state index contributed by atoms with van der Waals surface area (Å²) in [6.07, 6.45) is 11.8. The largest absolute Gasteiger partial charge is 0.337 e. The standard InChI is InChI=1S/C58H42N4.C58H44N4/c1-4-15-44(16-5-1)53-55(48-34-32-43-30-29-41-23-12-24-42-31-33-47(48)52(43)51(41)42)61-58(60-53)50-36-38-14-10-13-37-25-27-39(21-11-22-40(50)28-26-38)49(35-37)57-59-54(45-17-6-2-7-18-45)56(62(57)58)46-19-8-3-9-20-46;1-4-15-44(16-5-1)53-54(45-17-6-2-7-18-45)60-57(59-53)49-35-37-13-10-14-38-26-28-40(22-11-21-39(49)27-25-37)50(36-38)58-61-55(46-19-8-3-9-20-46)56(62-58)48-34-32-43-30-29-41-23-12-24-42-31-33-47(48)52(43)51(41)42/h1-9,12,15-20,23-36H,10-11,13-14,21-22H2;1-9,12,15-20,23-36H,10-11,13-14,21-22H2,(H,59,60)(H,61,62). The van der Waals surface area contributed by atoms with Gasteiger partial charge in [0.05, 0.1) is 45.6 Å². The van der Waals surface area contributed by atoms with Gasteiger partial charge in [-0.15, -0.1) is 0 Å². The molecule has 8 heteroatoms. The maximum atomic E-state index is 6.26. The minimum absolute atomic E-state index is 0.884. The van der Waals surface area contributed by atoms with Crippen LogP contribution in [0.1, 0.15) is 86.9 Å². The second-order valence-corrected chi connectivity index (χ2v) is 34.2. The number of benzene rings is 18. The van der Waals surface area contributed by atoms with Crippen LogP contribution in [0, 0.1) is 0 Å². The van der Waals surface area contributed by atoms with E-state index in [-0.39, 0.29) is 0 Å². The first-order valence-electron chi connectivity index (χ1n) is 44.1. The van der Waals surface area contributed by atoms with Crippen molar-refractivity contribution in [3.63, 3.8) is 0 Å². The molecule has 0 radical (unpaired) electrons. The predicted octanol–water partition coefficient (Wildman–Crippen LogP) is 28.1. The van der Waals surface area contributed by atoms with Gasteiger partial charge in [0.25, 0.3) is 5.79 Å². The molecule has 7 aliphatic rings. The lowest BCUT2D eigenvalue weighted by atomic mass is 9.88. The van der Waals surface area contributed by atoms with E-state index in [2.05, 4.69) is 379 Å². The molecule has 18 aromatic carbocycles. The van der Waals surface area contributed by atoms with Crippen molar-refractivity contribution in [3.8, 4) is 102 Å². The molecule has 124 heavy (non-hydrogen) atoms. The Hall–Kier alpha value is -15.0. The summed E-state index contributed by atoms with van der Waals surface area (Å²) >= 11 is 0. The van der Waals surface area contributed by atoms with Gasteiger partial charge < -0.3 is 9.97 Å². The van der Waals surface area contributed by atoms with E-state index >= 15 is 0 Å². The van der Waals surface area contributed by atoms with Crippen molar-refractivity contribution >= 4 is 76.1 Å². The van der Waals surface area contributed by atoms with Crippen LogP contribution in [0.3, 0.4) is 0 Å². The third-order valence-corrected chi connectivity index (χ3v) is 26.7. The molecule has 0 amide bonds. The molecule has 1 spiro atoms. The van der Waals surface area contributed by atoms with Gasteiger partial charge in [-0.2, -0.15) is 0 Å². The number of hydrogen-bond acceptors (Lipinski definition) is 5. The molecular formula is C116H86N8. The lowest BCUT2D eigenvalue weighted by Crippen LogP contribution is -2.33. The molecule has 1 atom stereocenters. The van der Waals surface area contributed by atoms with Crippen molar-refractivity contribution in [1.29, 1.82) is 0 Å². The van der Waals surface area contributed by atoms with E-state index in [0.717, 1.165) is 185 Å². The fraction of sp³-hybridized carbons (Fsp3) is 0.112. The SMILES string of the molecule is c1ccc(-c2nc(-c3cc4ccc3CCCc3ccc(cc3-c3nc(-c5ccccc5)c(-c5ccc6ccc7cccc8ccc5c6c78)[nH]3)CCC4)[nH]c2-c2ccccc2)cc1.c1ccc(C2=NC3(N=C2c2ccc4ccc5cccc6ccc2c4c56)c2cc4ccc2CCCc2ccc(cc2-c2nc(-c5ccccc5)c(-c5ccccc5)n23)CCC4)cc1. The molecule has 0 saturated carbocycles. The van der Waals surface area contributed by atoms with Crippen molar-refractivity contribution in [2.45, 2.75) is 82.8 Å². The minimum Gasteiger partial charge on any atom is -0.337 e. The number of fused-ring (bicyclic) bond motifs is 2. The maximum Gasteiger partial charge on any atom is 0.261 e. The van der Waals surface area contributed by atoms with E-state index in [1.807, 2.05) is 0 Å². The quantitative estimate of drug-likeness (QED) is 0.133. The highest BCUT2D eigenvalue weighted by atomic mass is 15.4. The first kappa shape index (κ1) is 73.0. The van der Waals surface area contributed by atoms with Crippen LogP contribution < -0.4 is 0 Å². The number of nitrogens with zero attached hydrogens (tertiary/aromatic N) is 6. The summed E-state index contributed by atoms with van der Waals surface area (Å²) < 4.78 is 2.45. The van der Waals surface area contributed by atoms with Crippen LogP contribution in [0.15, 0.2) is 374 Å². The van der Waals surface area contributed by atoms with Gasteiger partial charge in [0.1, 0.15) is 17.5 Å². The average Bonchev–Trinajstić information content (AvgIpc) is 1.53. The van der Waals surface area contributed by atoms with Gasteiger partial charge in [0.15, 0.2) is 0 Å². The summed E-state index contributed by atoms with van der Waals surface area (Å²) in [5.41, 5.74) is 31.8. The van der Waals surface area contributed by atoms with Crippen LogP contribution in [0.2, 0.25) is 0 Å². The molecule has 1 unspecified atom stereocenters. The first-order chi connectivity index (χ1) is 61.4. The lowest BCUT2D eigenvalue weighted by Gasteiger charge is -2.33. The third-order valence-electron chi connectivity index (χ3n) is 26.7. The van der Waals surface area contributed by atoms with Gasteiger partial charge in [-0.3, -0.25) is 4.57 Å². The summed E-state index contributed by atoms with van der Waals surface area (Å²) in [4.78, 5) is 37.0. The smallest absolute Gasteiger partial charge is 0.261 e. The Bertz CT molecular complexity index is 7680. The molecule has 3 aliphatic heterocycles. The molecule has 0 saturated heterocycles. The highest BCUT2D eigenvalue weighted by Gasteiger charge is 2.47. The Balaban J connectivity index is 0.000000139. The highest BCUT2D eigenvalue weighted by molar-refractivity contribution is 6.56. The second-order valence-electron chi connectivity index (χ2n) is 34.2. The number of imidazole rings is 3. The fourth-order valence-corrected chi connectivity index (χ4v) is 20.7. The zero-order valence-electron chi connectivity index (χ0n) is 68.8. The molecule has 4 aliphatic carbocycles. The summed E-state index contributed by atoms with van der Waals surface area (Å²) in [6, 6.07) is 133. The Kier molecular flexibility index (Phi) is 17.8. The molecule has 3 aromatic heterocycles. The Morgan fingerprint density at radius 1 is 0.250 bits per heavy atom. The fourth-order valence-electron chi connectivity index (χ4n) is 20.7. The predicted molar refractivity (Wildman–Crippen MR) is 513 cm³/mol. The number of nitrogens with one attached hydrogen (secondary N) is 2. The van der Waals surface area contributed by atoms with Crippen LogP contribution in [-0.2, 0) is 57.2 Å². The molecule has 2 N–H and O–H groups in total. The topological polar surface area (TPSA) is 99.9 Å². The van der Waals surface area contributed by atoms with Crippen molar-refractivity contribution in [2.24, 2.45) is 9.98 Å². The molecule has 28 rings (SSSR count). The highest BCUT2D eigenvalue weighted by Crippen LogP contribution is 2.52. The van der Waals surface area contributed by atoms with Crippen molar-refractivity contribution < 1.29 is 0 Å². The van der Waals surface area contributed by atoms with E-state index in [9.17, 15) is 0 Å². The van der Waals surface area contributed by atoms with E-state index in [1.165, 1.54) is 131 Å². The Morgan fingerprint density at radius 3 is 1.14 bits per heavy atom. The van der Waals surface area contributed by atoms with Crippen molar-refractivity contribution in [2.75, 3.05) is 0 Å². The second kappa shape index (κ2) is 30.3. The van der Waals surface area contributed by atoms with Crippen LogP contribution in [0.5, 0.6) is 0 Å².